The van der Waals surface area contributed by atoms with Gasteiger partial charge in [-0.05, 0) is 51.4 Å². The molecule has 4 fully saturated rings. The Balaban J connectivity index is 1.40. The van der Waals surface area contributed by atoms with Crippen molar-refractivity contribution in [3.63, 3.8) is 0 Å². The Hall–Kier alpha value is -2.52. The van der Waals surface area contributed by atoms with Gasteiger partial charge in [0.1, 0.15) is 6.29 Å². The van der Waals surface area contributed by atoms with Crippen molar-refractivity contribution in [3.05, 3.63) is 0 Å². The summed E-state index contributed by atoms with van der Waals surface area (Å²) in [6, 6.07) is 0. The first-order chi connectivity index (χ1) is 15.8. The third-order valence-corrected chi connectivity index (χ3v) is 7.96. The Labute approximate surface area is 194 Å². The minimum Gasteiger partial charge on any atom is -0.382 e. The van der Waals surface area contributed by atoms with Gasteiger partial charge in [0, 0.05) is 42.6 Å². The van der Waals surface area contributed by atoms with Gasteiger partial charge in [-0.2, -0.15) is 0 Å². The van der Waals surface area contributed by atoms with E-state index in [0.29, 0.717) is 38.5 Å². The second kappa shape index (κ2) is 9.77. The molecule has 1 N–H and O–H groups in total. The van der Waals surface area contributed by atoms with E-state index in [1.807, 2.05) is 0 Å². The molecule has 2 heterocycles. The number of rotatable bonds is 4. The molecular weight excluding hydrogens is 425 g/mol. The maximum absolute atomic E-state index is 13.1. The van der Waals surface area contributed by atoms with Crippen molar-refractivity contribution in [1.82, 2.24) is 14.9 Å². The molecular formula is C23H31BN3O6. The van der Waals surface area contributed by atoms with Gasteiger partial charge in [-0.3, -0.25) is 28.9 Å². The number of carbonyl (C=O) groups is 6. The average molecular weight is 456 g/mol. The highest BCUT2D eigenvalue weighted by Gasteiger charge is 2.49. The lowest BCUT2D eigenvalue weighted by Crippen LogP contribution is -2.59. The molecule has 9 nitrogen and oxygen atoms in total. The molecule has 0 aromatic rings. The summed E-state index contributed by atoms with van der Waals surface area (Å²) < 4.78 is 0. The molecule has 0 aromatic heterocycles. The summed E-state index contributed by atoms with van der Waals surface area (Å²) in [4.78, 5) is 77.2. The number of nitrogens with one attached hydrogen (secondary N) is 1. The average Bonchev–Trinajstić information content (AvgIpc) is 2.76. The van der Waals surface area contributed by atoms with E-state index in [0.717, 1.165) is 41.7 Å². The van der Waals surface area contributed by atoms with Gasteiger partial charge in [0.15, 0.2) is 0 Å². The van der Waals surface area contributed by atoms with Gasteiger partial charge in [-0.15, -0.1) is 0 Å². The first-order valence-electron chi connectivity index (χ1n) is 12.1. The van der Waals surface area contributed by atoms with E-state index >= 15 is 0 Å². The van der Waals surface area contributed by atoms with Crippen LogP contribution in [0.2, 0.25) is 0 Å². The molecule has 2 saturated heterocycles. The Morgan fingerprint density at radius 2 is 1.27 bits per heavy atom. The maximum Gasteiger partial charge on any atom is 0.400 e. The summed E-state index contributed by atoms with van der Waals surface area (Å²) in [6.45, 7) is 0. The molecule has 2 aliphatic heterocycles. The number of carbonyl (C=O) groups excluding carboxylic acids is 6. The van der Waals surface area contributed by atoms with Crippen LogP contribution in [0.5, 0.6) is 0 Å². The van der Waals surface area contributed by atoms with E-state index in [4.69, 9.17) is 0 Å². The van der Waals surface area contributed by atoms with E-state index in [9.17, 15) is 28.8 Å². The molecule has 5 amide bonds. The van der Waals surface area contributed by atoms with Crippen molar-refractivity contribution in [3.8, 4) is 0 Å². The van der Waals surface area contributed by atoms with Gasteiger partial charge < -0.3 is 14.8 Å². The smallest absolute Gasteiger partial charge is 0.382 e. The molecule has 1 radical (unpaired) electrons. The van der Waals surface area contributed by atoms with Crippen LogP contribution in [0.15, 0.2) is 0 Å². The number of aldehydes is 1. The topological polar surface area (TPSA) is 121 Å². The molecule has 4 rings (SSSR count). The number of piperidine rings is 2. The number of amides is 5. The first-order valence-corrected chi connectivity index (χ1v) is 12.1. The Bertz CT molecular complexity index is 811. The fraction of sp³-hybridized carbons (Fsp3) is 0.739. The SMILES string of the molecule is CN1C(=O)C2CC(CC3CC(C2)C(=O)N([B]NC(=O)C2CCCC(C=O)CCC2)C3=O)C1=O. The van der Waals surface area contributed by atoms with E-state index in [1.165, 1.54) is 14.6 Å². The Morgan fingerprint density at radius 3 is 1.73 bits per heavy atom. The third kappa shape index (κ3) is 4.75. The van der Waals surface area contributed by atoms with Crippen LogP contribution < -0.4 is 5.23 Å². The van der Waals surface area contributed by atoms with E-state index in [1.54, 1.807) is 0 Å². The lowest BCUT2D eigenvalue weighted by molar-refractivity contribution is -0.159. The predicted molar refractivity (Wildman–Crippen MR) is 117 cm³/mol. The van der Waals surface area contributed by atoms with E-state index < -0.39 is 35.5 Å². The van der Waals surface area contributed by atoms with Crippen molar-refractivity contribution >= 4 is 43.4 Å². The molecule has 4 bridgehead atoms. The summed E-state index contributed by atoms with van der Waals surface area (Å²) in [5.74, 6) is -3.47. The highest BCUT2D eigenvalue weighted by Crippen LogP contribution is 2.41. The highest BCUT2D eigenvalue weighted by molar-refractivity contribution is 6.44. The number of hydrogen-bond acceptors (Lipinski definition) is 6. The Kier molecular flexibility index (Phi) is 7.00. The standard InChI is InChI=1S/C23H31BN3O6/c1-26-20(30)15-8-16(21(26)31)10-18-11-17(9-15)22(32)27(23(18)33)24-25-19(29)14-6-2-4-13(12-28)5-3-7-14/h12-18H,2-11H2,1H3,(H,25,29). The van der Waals surface area contributed by atoms with Crippen LogP contribution in [-0.4, -0.2) is 60.1 Å². The molecule has 4 atom stereocenters. The minimum absolute atomic E-state index is 0.0645. The van der Waals surface area contributed by atoms with Gasteiger partial charge >= 0.3 is 7.55 Å². The number of imide groups is 2. The van der Waals surface area contributed by atoms with Crippen LogP contribution >= 0.6 is 0 Å². The van der Waals surface area contributed by atoms with Crippen LogP contribution in [-0.2, 0) is 28.8 Å². The zero-order valence-electron chi connectivity index (χ0n) is 19.0. The summed E-state index contributed by atoms with van der Waals surface area (Å²) in [5, 5.41) is 2.67. The lowest BCUT2D eigenvalue weighted by atomic mass is 9.69. The van der Waals surface area contributed by atoms with Crippen LogP contribution in [0.3, 0.4) is 0 Å². The van der Waals surface area contributed by atoms with E-state index in [2.05, 4.69) is 5.23 Å². The molecule has 0 aromatic carbocycles. The van der Waals surface area contributed by atoms with E-state index in [-0.39, 0.29) is 29.6 Å². The molecule has 177 valence electrons. The quantitative estimate of drug-likeness (QED) is 0.380. The van der Waals surface area contributed by atoms with Crippen LogP contribution in [0, 0.1) is 35.5 Å². The Morgan fingerprint density at radius 1 is 0.818 bits per heavy atom. The maximum atomic E-state index is 13.1. The zero-order valence-corrected chi connectivity index (χ0v) is 19.0. The lowest BCUT2D eigenvalue weighted by Gasteiger charge is -2.43. The van der Waals surface area contributed by atoms with Crippen molar-refractivity contribution in [2.45, 2.75) is 64.2 Å². The van der Waals surface area contributed by atoms with Gasteiger partial charge in [0.25, 0.3) is 0 Å². The van der Waals surface area contributed by atoms with Gasteiger partial charge in [0.05, 0.1) is 0 Å². The third-order valence-electron chi connectivity index (χ3n) is 7.96. The molecule has 4 unspecified atom stereocenters. The van der Waals surface area contributed by atoms with Gasteiger partial charge in [-0.1, -0.05) is 12.8 Å². The summed E-state index contributed by atoms with van der Waals surface area (Å²) in [6.07, 6.45) is 6.81. The van der Waals surface area contributed by atoms with Gasteiger partial charge in [0.2, 0.25) is 29.5 Å². The monoisotopic (exact) mass is 456 g/mol. The fourth-order valence-corrected chi connectivity index (χ4v) is 6.04. The van der Waals surface area contributed by atoms with Crippen LogP contribution in [0.1, 0.15) is 64.2 Å². The molecule has 10 heteroatoms. The summed E-state index contributed by atoms with van der Waals surface area (Å²) in [5.41, 5.74) is 0. The van der Waals surface area contributed by atoms with Crippen molar-refractivity contribution in [1.29, 1.82) is 0 Å². The normalized spacial score (nSPS) is 35.2. The largest absolute Gasteiger partial charge is 0.400 e. The van der Waals surface area contributed by atoms with Gasteiger partial charge in [-0.25, -0.2) is 0 Å². The number of nitrogens with zero attached hydrogens (tertiary/aromatic N) is 2. The molecule has 2 aliphatic carbocycles. The number of fused-ring (bicyclic) bond motifs is 4. The first kappa shape index (κ1) is 23.6. The van der Waals surface area contributed by atoms with Crippen LogP contribution in [0.25, 0.3) is 0 Å². The zero-order chi connectivity index (χ0) is 23.7. The highest BCUT2D eigenvalue weighted by atomic mass is 16.2. The molecule has 33 heavy (non-hydrogen) atoms. The van der Waals surface area contributed by atoms with Crippen molar-refractivity contribution in [2.75, 3.05) is 7.05 Å². The predicted octanol–water partition coefficient (Wildman–Crippen LogP) is 0.828. The van der Waals surface area contributed by atoms with Crippen LogP contribution in [0.4, 0.5) is 0 Å². The molecule has 4 aliphatic rings. The second-order valence-corrected chi connectivity index (χ2v) is 10.1. The minimum atomic E-state index is -0.487. The number of likely N-dealkylation sites (tertiary alicyclic amines) is 1. The van der Waals surface area contributed by atoms with Crippen molar-refractivity contribution in [2.24, 2.45) is 35.5 Å². The fourth-order valence-electron chi connectivity index (χ4n) is 6.04. The second-order valence-electron chi connectivity index (χ2n) is 10.1. The summed E-state index contributed by atoms with van der Waals surface area (Å²) >= 11 is 0. The molecule has 0 spiro atoms. The number of hydrogen-bond donors (Lipinski definition) is 1. The summed E-state index contributed by atoms with van der Waals surface area (Å²) in [7, 11) is 2.65. The molecule has 2 saturated carbocycles. The van der Waals surface area contributed by atoms with Crippen molar-refractivity contribution < 1.29 is 28.8 Å².